The van der Waals surface area contributed by atoms with Crippen molar-refractivity contribution in [1.29, 1.82) is 0 Å². The molecule has 0 fully saturated rings. The molecule has 0 aromatic carbocycles. The monoisotopic (exact) mass is 1120 g/mol. The Morgan fingerprint density at radius 2 is 0.639 bits per heavy atom. The number of carboxylic acid groups (broad SMARTS) is 6. The number of hydrogen-bond donors (Lipinski definition) is 15. The summed E-state index contributed by atoms with van der Waals surface area (Å²) in [6.45, 7) is -2.03. The summed E-state index contributed by atoms with van der Waals surface area (Å²) in [7, 11) is 0. The number of carboxylic acids is 6. The number of thiol groups is 3. The fraction of sp³-hybridized carbons (Fsp3) is 0.600. The van der Waals surface area contributed by atoms with E-state index in [2.05, 4.69) is 53.8 Å². The summed E-state index contributed by atoms with van der Waals surface area (Å²) in [6.07, 6.45) is -0.772. The van der Waals surface area contributed by atoms with Crippen LogP contribution < -0.4 is 64.4 Å². The first-order chi connectivity index (χ1) is 27.8. The average Bonchev–Trinajstić information content (AvgIpc) is 3.18. The third kappa shape index (κ3) is 34.7. The molecule has 6 amide bonds. The summed E-state index contributed by atoms with van der Waals surface area (Å²) >= 11 is 11.6. The van der Waals surface area contributed by atoms with Gasteiger partial charge in [0.25, 0.3) is 0 Å². The van der Waals surface area contributed by atoms with Gasteiger partial charge in [0.2, 0.25) is 35.4 Å². The van der Waals surface area contributed by atoms with Crippen molar-refractivity contribution in [1.82, 2.24) is 31.9 Å². The Hall–Kier alpha value is -4.69. The molecular weight excluding hydrogens is 1070 g/mol. The predicted molar refractivity (Wildman–Crippen MR) is 206 cm³/mol. The Bertz CT molecular complexity index is 1350. The average molecular weight is 1120 g/mol. The molecule has 0 radical (unpaired) electrons. The Labute approximate surface area is 378 Å². The molecule has 6 atom stereocenters. The van der Waals surface area contributed by atoms with Crippen molar-refractivity contribution >= 4 is 109 Å². The topological polar surface area (TPSA) is 485 Å². The molecule has 31 heteroatoms. The van der Waals surface area contributed by atoms with Crippen LogP contribution in [0.3, 0.4) is 0 Å². The summed E-state index contributed by atoms with van der Waals surface area (Å²) in [6, 6.07) is -6.56. The molecule has 0 aromatic rings. The molecule has 0 saturated heterocycles. The van der Waals surface area contributed by atoms with Crippen molar-refractivity contribution in [2.45, 2.75) is 74.8 Å². The van der Waals surface area contributed by atoms with E-state index in [9.17, 15) is 72.9 Å². The normalized spacial score (nSPS) is 12.9. The minimum absolute atomic E-state index is 0. The first-order valence-corrected chi connectivity index (χ1v) is 18.8. The van der Waals surface area contributed by atoms with Gasteiger partial charge in [-0.3, -0.25) is 43.2 Å². The van der Waals surface area contributed by atoms with Crippen LogP contribution in [0.4, 0.5) is 0 Å². The Balaban J connectivity index is -0.000000396. The van der Waals surface area contributed by atoms with E-state index >= 15 is 0 Å². The molecule has 0 aromatic heterocycles. The first kappa shape index (κ1) is 63.0. The largest absolute Gasteiger partial charge is 3.00 e. The van der Waals surface area contributed by atoms with E-state index in [0.29, 0.717) is 0 Å². The fourth-order valence-electron chi connectivity index (χ4n) is 3.46. The van der Waals surface area contributed by atoms with E-state index in [0.717, 1.165) is 0 Å². The van der Waals surface area contributed by atoms with Gasteiger partial charge >= 0.3 is 40.3 Å². The molecule has 0 aliphatic carbocycles. The maximum absolute atomic E-state index is 11.5. The SMILES string of the molecule is N[C@@H](CCC(=O)N[C@@H](CS)C(=O)NCC(=O)[O-])C(=O)O.N[C@@H](CCC(=O)N[C@@H](CS)C(=O)NCC(=O)[O-])C(=O)O.N[C@@H](CCC(=O)N[C@@H](CS)C(=O)NCC(=O)[O-])C(=O)O.[Au+3]. The third-order valence-corrected chi connectivity index (χ3v) is 7.82. The minimum atomic E-state index is -1.46. The van der Waals surface area contributed by atoms with Gasteiger partial charge < -0.3 is 94.1 Å². The van der Waals surface area contributed by atoms with Crippen LogP contribution in [-0.2, 0) is 79.9 Å². The quantitative estimate of drug-likeness (QED) is 0.0268. The van der Waals surface area contributed by atoms with Crippen LogP contribution >= 0.6 is 37.9 Å². The number of carbonyl (C=O) groups excluding carboxylic acids is 9. The van der Waals surface area contributed by atoms with E-state index in [4.69, 9.17) is 32.5 Å². The van der Waals surface area contributed by atoms with E-state index in [-0.39, 0.29) is 78.2 Å². The summed E-state index contributed by atoms with van der Waals surface area (Å²) < 4.78 is 0. The minimum Gasteiger partial charge on any atom is -0.548 e. The molecule has 0 saturated carbocycles. The Morgan fingerprint density at radius 1 is 0.443 bits per heavy atom. The molecule has 0 spiro atoms. The molecule has 0 unspecified atom stereocenters. The zero-order valence-electron chi connectivity index (χ0n) is 31.8. The number of hydrogen-bond acceptors (Lipinski definition) is 21. The van der Waals surface area contributed by atoms with Gasteiger partial charge in [-0.2, -0.15) is 37.9 Å². The van der Waals surface area contributed by atoms with E-state index in [1.54, 1.807) is 0 Å². The fourth-order valence-corrected chi connectivity index (χ4v) is 4.23. The Morgan fingerprint density at radius 3 is 0.787 bits per heavy atom. The maximum atomic E-state index is 11.5. The van der Waals surface area contributed by atoms with Crippen LogP contribution in [0.2, 0.25) is 0 Å². The maximum Gasteiger partial charge on any atom is 3.00 e. The van der Waals surface area contributed by atoms with Gasteiger partial charge in [0.05, 0.1) is 37.5 Å². The second-order valence-electron chi connectivity index (χ2n) is 11.6. The standard InChI is InChI=1S/3C10H17N3O6S.Au/c3*11-5(10(18)19)1-2-7(14)13-6(4-20)9(17)12-3-8(15)16;/h3*5-6,20H,1-4,11H2,(H,12,17)(H,13,14)(H,15,16)(H,18,19);/q;;;+3/p-3/t3*5-,6-;/m000./s1. The van der Waals surface area contributed by atoms with Crippen LogP contribution in [0.5, 0.6) is 0 Å². The molecule has 0 rings (SSSR count). The van der Waals surface area contributed by atoms with Crippen LogP contribution in [0, 0.1) is 0 Å². The summed E-state index contributed by atoms with van der Waals surface area (Å²) in [4.78, 5) is 131. The van der Waals surface area contributed by atoms with Gasteiger partial charge in [-0.05, 0) is 19.3 Å². The van der Waals surface area contributed by atoms with Crippen molar-refractivity contribution in [3.63, 3.8) is 0 Å². The van der Waals surface area contributed by atoms with Gasteiger partial charge in [-0.1, -0.05) is 0 Å². The molecule has 0 bridgehead atoms. The van der Waals surface area contributed by atoms with Gasteiger partial charge in [-0.15, -0.1) is 0 Å². The molecule has 350 valence electrons. The van der Waals surface area contributed by atoms with Gasteiger partial charge in [0.15, 0.2) is 0 Å². The smallest absolute Gasteiger partial charge is 0.548 e. The number of nitrogens with one attached hydrogen (secondary N) is 6. The number of nitrogens with two attached hydrogens (primary N) is 3. The van der Waals surface area contributed by atoms with Crippen LogP contribution in [0.25, 0.3) is 0 Å². The number of amides is 6. The van der Waals surface area contributed by atoms with Crippen molar-refractivity contribution < 1.29 is 111 Å². The zero-order valence-corrected chi connectivity index (χ0v) is 36.6. The molecule has 15 N–H and O–H groups in total. The Kier molecular flexibility index (Phi) is 37.2. The molecular formula is C30H48AuN9O18S3. The molecule has 0 aliphatic rings. The predicted octanol–water partition coefficient (Wildman–Crippen LogP) is -10.6. The van der Waals surface area contributed by atoms with Crippen molar-refractivity contribution in [3.8, 4) is 0 Å². The number of rotatable bonds is 27. The van der Waals surface area contributed by atoms with Gasteiger partial charge in [0, 0.05) is 36.5 Å². The van der Waals surface area contributed by atoms with Crippen LogP contribution in [-0.4, -0.2) is 160 Å². The van der Waals surface area contributed by atoms with Gasteiger partial charge in [0.1, 0.15) is 36.3 Å². The summed E-state index contributed by atoms with van der Waals surface area (Å²) in [5.41, 5.74) is 15.7. The van der Waals surface area contributed by atoms with Crippen molar-refractivity contribution in [2.75, 3.05) is 36.9 Å². The van der Waals surface area contributed by atoms with E-state index in [1.165, 1.54) is 0 Å². The second-order valence-corrected chi connectivity index (χ2v) is 12.7. The van der Waals surface area contributed by atoms with E-state index < -0.39 is 127 Å². The van der Waals surface area contributed by atoms with Gasteiger partial charge in [-0.25, -0.2) is 0 Å². The molecule has 0 heterocycles. The molecule has 27 nitrogen and oxygen atoms in total. The van der Waals surface area contributed by atoms with Crippen molar-refractivity contribution in [3.05, 3.63) is 0 Å². The molecule has 0 aliphatic heterocycles. The summed E-state index contributed by atoms with van der Waals surface area (Å²) in [5.74, 6) is -12.1. The summed E-state index contributed by atoms with van der Waals surface area (Å²) in [5, 5.41) is 69.1. The van der Waals surface area contributed by atoms with Crippen LogP contribution in [0.1, 0.15) is 38.5 Å². The first-order valence-electron chi connectivity index (χ1n) is 16.9. The second kappa shape index (κ2) is 36.0. The van der Waals surface area contributed by atoms with Crippen molar-refractivity contribution in [2.24, 2.45) is 17.2 Å². The number of aliphatic carboxylic acids is 6. The third-order valence-electron chi connectivity index (χ3n) is 6.72. The van der Waals surface area contributed by atoms with Crippen LogP contribution in [0.15, 0.2) is 0 Å². The molecule has 61 heavy (non-hydrogen) atoms. The van der Waals surface area contributed by atoms with E-state index in [1.807, 2.05) is 16.0 Å². The number of carbonyl (C=O) groups is 12. The zero-order chi connectivity index (χ0) is 47.1.